The fourth-order valence-electron chi connectivity index (χ4n) is 2.76. The van der Waals surface area contributed by atoms with Gasteiger partial charge in [-0.25, -0.2) is 9.88 Å². The number of aliphatic hydroxyl groups is 3. The van der Waals surface area contributed by atoms with E-state index in [1.165, 1.54) is 0 Å². The Balaban J connectivity index is 1.88. The van der Waals surface area contributed by atoms with E-state index in [9.17, 15) is 24.6 Å². The molecule has 0 aliphatic carbocycles. The van der Waals surface area contributed by atoms with Gasteiger partial charge in [-0.1, -0.05) is 0 Å². The quantitative estimate of drug-likeness (QED) is 0.430. The highest BCUT2D eigenvalue weighted by Crippen LogP contribution is 2.32. The zero-order chi connectivity index (χ0) is 17.6. The van der Waals surface area contributed by atoms with Gasteiger partial charge in [-0.3, -0.25) is 19.0 Å². The average Bonchev–Trinajstić information content (AvgIpc) is 3.17. The molecule has 0 radical (unpaired) electrons. The molecule has 11 heteroatoms. The van der Waals surface area contributed by atoms with Crippen LogP contribution in [0.15, 0.2) is 6.33 Å². The SMILES string of the molecule is Nc1c(C(=O)N2C(=O)CCC2=O)ncn1[C@@H]1O[C@H](CO)[C@@H](O)[C@H]1O. The number of carbonyl (C=O) groups is 3. The summed E-state index contributed by atoms with van der Waals surface area (Å²) in [5.41, 5.74) is 5.50. The van der Waals surface area contributed by atoms with Gasteiger partial charge in [-0.15, -0.1) is 0 Å². The molecule has 3 heterocycles. The molecule has 2 aliphatic heterocycles. The van der Waals surface area contributed by atoms with Crippen molar-refractivity contribution in [2.24, 2.45) is 0 Å². The third-order valence-electron chi connectivity index (χ3n) is 4.08. The number of amides is 3. The largest absolute Gasteiger partial charge is 0.394 e. The van der Waals surface area contributed by atoms with Gasteiger partial charge in [0.25, 0.3) is 5.91 Å². The van der Waals surface area contributed by atoms with Gasteiger partial charge in [-0.2, -0.15) is 0 Å². The van der Waals surface area contributed by atoms with E-state index in [2.05, 4.69) is 4.98 Å². The number of imide groups is 3. The van der Waals surface area contributed by atoms with Crippen LogP contribution in [0.4, 0.5) is 5.82 Å². The number of carbonyl (C=O) groups excluding carboxylic acids is 3. The van der Waals surface area contributed by atoms with Crippen molar-refractivity contribution >= 4 is 23.5 Å². The Morgan fingerprint density at radius 2 is 1.92 bits per heavy atom. The number of nitrogens with two attached hydrogens (primary N) is 1. The Bertz CT molecular complexity index is 686. The number of hydrogen-bond donors (Lipinski definition) is 4. The first-order chi connectivity index (χ1) is 11.4. The second-order valence-corrected chi connectivity index (χ2v) is 5.54. The molecule has 11 nitrogen and oxygen atoms in total. The Kier molecular flexibility index (Phi) is 4.09. The molecule has 1 aromatic rings. The van der Waals surface area contributed by atoms with Crippen molar-refractivity contribution in [3.8, 4) is 0 Å². The minimum atomic E-state index is -1.41. The summed E-state index contributed by atoms with van der Waals surface area (Å²) in [6.45, 7) is -0.522. The van der Waals surface area contributed by atoms with Crippen LogP contribution in [0.25, 0.3) is 0 Å². The predicted molar refractivity (Wildman–Crippen MR) is 75.1 cm³/mol. The lowest BCUT2D eigenvalue weighted by Crippen LogP contribution is -2.36. The number of nitrogen functional groups attached to an aromatic ring is 1. The number of anilines is 1. The number of aromatic nitrogens is 2. The molecular formula is C13H16N4O7. The van der Waals surface area contributed by atoms with Gasteiger partial charge in [0, 0.05) is 12.8 Å². The molecule has 3 amide bonds. The monoisotopic (exact) mass is 340 g/mol. The van der Waals surface area contributed by atoms with Crippen LogP contribution in [0.5, 0.6) is 0 Å². The molecule has 3 rings (SSSR count). The maximum absolute atomic E-state index is 12.3. The van der Waals surface area contributed by atoms with Gasteiger partial charge in [-0.05, 0) is 0 Å². The number of ether oxygens (including phenoxy) is 1. The molecule has 1 aromatic heterocycles. The van der Waals surface area contributed by atoms with Crippen LogP contribution in [0.2, 0.25) is 0 Å². The summed E-state index contributed by atoms with van der Waals surface area (Å²) >= 11 is 0. The summed E-state index contributed by atoms with van der Waals surface area (Å²) in [6.07, 6.45) is -3.96. The second-order valence-electron chi connectivity index (χ2n) is 5.54. The summed E-state index contributed by atoms with van der Waals surface area (Å²) in [4.78, 5) is 39.9. The van der Waals surface area contributed by atoms with E-state index in [1.807, 2.05) is 0 Å². The molecule has 0 aromatic carbocycles. The summed E-state index contributed by atoms with van der Waals surface area (Å²) in [5.74, 6) is -2.45. The van der Waals surface area contributed by atoms with Crippen molar-refractivity contribution in [1.82, 2.24) is 14.5 Å². The van der Waals surface area contributed by atoms with E-state index in [0.29, 0.717) is 4.90 Å². The van der Waals surface area contributed by atoms with Crippen LogP contribution in [-0.4, -0.2) is 72.4 Å². The van der Waals surface area contributed by atoms with E-state index < -0.39 is 48.9 Å². The van der Waals surface area contributed by atoms with Gasteiger partial charge in [0.1, 0.15) is 24.1 Å². The van der Waals surface area contributed by atoms with E-state index in [1.54, 1.807) is 0 Å². The normalized spacial score (nSPS) is 30.4. The summed E-state index contributed by atoms with van der Waals surface area (Å²) in [5, 5.41) is 28.8. The lowest BCUT2D eigenvalue weighted by Gasteiger charge is -2.18. The number of nitrogens with zero attached hydrogens (tertiary/aromatic N) is 3. The maximum Gasteiger partial charge on any atom is 0.289 e. The minimum Gasteiger partial charge on any atom is -0.394 e. The van der Waals surface area contributed by atoms with Crippen molar-refractivity contribution in [1.29, 1.82) is 0 Å². The van der Waals surface area contributed by atoms with Crippen molar-refractivity contribution in [3.05, 3.63) is 12.0 Å². The summed E-state index contributed by atoms with van der Waals surface area (Å²) in [7, 11) is 0. The molecule has 0 unspecified atom stereocenters. The Hall–Kier alpha value is -2.34. The fourth-order valence-corrected chi connectivity index (χ4v) is 2.76. The number of imidazole rings is 1. The molecule has 2 saturated heterocycles. The first kappa shape index (κ1) is 16.5. The first-order valence-electron chi connectivity index (χ1n) is 7.21. The first-order valence-corrected chi connectivity index (χ1v) is 7.21. The molecule has 5 N–H and O–H groups in total. The smallest absolute Gasteiger partial charge is 0.289 e. The van der Waals surface area contributed by atoms with Crippen molar-refractivity contribution in [2.45, 2.75) is 37.4 Å². The van der Waals surface area contributed by atoms with Crippen molar-refractivity contribution in [3.63, 3.8) is 0 Å². The Morgan fingerprint density at radius 3 is 2.46 bits per heavy atom. The summed E-state index contributed by atoms with van der Waals surface area (Å²) < 4.78 is 6.40. The Morgan fingerprint density at radius 1 is 1.29 bits per heavy atom. The maximum atomic E-state index is 12.3. The molecule has 130 valence electrons. The van der Waals surface area contributed by atoms with E-state index in [-0.39, 0.29) is 24.4 Å². The molecule has 4 atom stereocenters. The van der Waals surface area contributed by atoms with E-state index in [4.69, 9.17) is 15.6 Å². The van der Waals surface area contributed by atoms with Crippen LogP contribution >= 0.6 is 0 Å². The number of hydrogen-bond acceptors (Lipinski definition) is 9. The molecule has 24 heavy (non-hydrogen) atoms. The van der Waals surface area contributed by atoms with Crippen LogP contribution in [0.3, 0.4) is 0 Å². The standard InChI is InChI=1S/C13H16N4O7/c14-11-8(12(23)17-6(19)1-2-7(17)20)15-4-16(11)13-10(22)9(21)5(3-18)24-13/h4-5,9-10,13,18,21-22H,1-3,14H2/t5-,9-,10-,13-/m1/s1. The van der Waals surface area contributed by atoms with Crippen molar-refractivity contribution in [2.75, 3.05) is 12.3 Å². The lowest BCUT2D eigenvalue weighted by atomic mass is 10.1. The lowest BCUT2D eigenvalue weighted by molar-refractivity contribution is -0.135. The summed E-state index contributed by atoms with van der Waals surface area (Å²) in [6, 6.07) is 0. The van der Waals surface area contributed by atoms with Gasteiger partial charge in [0.2, 0.25) is 11.8 Å². The van der Waals surface area contributed by atoms with E-state index >= 15 is 0 Å². The third-order valence-corrected chi connectivity index (χ3v) is 4.08. The molecule has 0 saturated carbocycles. The minimum absolute atomic E-state index is 0.0555. The van der Waals surface area contributed by atoms with E-state index in [0.717, 1.165) is 10.9 Å². The van der Waals surface area contributed by atoms with Gasteiger partial charge < -0.3 is 25.8 Å². The van der Waals surface area contributed by atoms with Crippen LogP contribution in [0.1, 0.15) is 29.6 Å². The molecule has 0 spiro atoms. The molecular weight excluding hydrogens is 324 g/mol. The fraction of sp³-hybridized carbons (Fsp3) is 0.538. The zero-order valence-corrected chi connectivity index (χ0v) is 12.4. The van der Waals surface area contributed by atoms with Gasteiger partial charge in [0.05, 0.1) is 12.9 Å². The van der Waals surface area contributed by atoms with Gasteiger partial charge >= 0.3 is 0 Å². The average molecular weight is 340 g/mol. The third kappa shape index (κ3) is 2.38. The highest BCUT2D eigenvalue weighted by molar-refractivity contribution is 6.20. The number of likely N-dealkylation sites (tertiary alicyclic amines) is 1. The van der Waals surface area contributed by atoms with Crippen molar-refractivity contribution < 1.29 is 34.4 Å². The van der Waals surface area contributed by atoms with Gasteiger partial charge in [0.15, 0.2) is 11.9 Å². The van der Waals surface area contributed by atoms with Crippen LogP contribution < -0.4 is 5.73 Å². The van der Waals surface area contributed by atoms with Crippen LogP contribution in [0, 0.1) is 0 Å². The zero-order valence-electron chi connectivity index (χ0n) is 12.4. The van der Waals surface area contributed by atoms with Crippen LogP contribution in [-0.2, 0) is 14.3 Å². The number of rotatable bonds is 3. The molecule has 0 bridgehead atoms. The molecule has 2 aliphatic rings. The highest BCUT2D eigenvalue weighted by atomic mass is 16.6. The number of aliphatic hydroxyl groups excluding tert-OH is 3. The highest BCUT2D eigenvalue weighted by Gasteiger charge is 2.45. The second kappa shape index (κ2) is 5.94. The molecule has 2 fully saturated rings. The Labute approximate surface area is 135 Å². The topological polar surface area (TPSA) is 168 Å². The predicted octanol–water partition coefficient (Wildman–Crippen LogP) is -2.63.